The van der Waals surface area contributed by atoms with E-state index >= 15 is 0 Å². The van der Waals surface area contributed by atoms with Gasteiger partial charge in [0.1, 0.15) is 0 Å². The van der Waals surface area contributed by atoms with Gasteiger partial charge in [0.15, 0.2) is 0 Å². The molecule has 0 unspecified atom stereocenters. The number of anilines is 1. The van der Waals surface area contributed by atoms with Gasteiger partial charge in [-0.3, -0.25) is 9.78 Å². The summed E-state index contributed by atoms with van der Waals surface area (Å²) in [5.41, 5.74) is 3.42. The first-order valence-corrected chi connectivity index (χ1v) is 9.52. The van der Waals surface area contributed by atoms with Crippen LogP contribution >= 0.6 is 0 Å². The van der Waals surface area contributed by atoms with Gasteiger partial charge in [-0.1, -0.05) is 12.1 Å². The Balaban J connectivity index is 1.35. The standard InChI is InChI=1S/C22H24N2O/c25-21(18-5-7-23-8-6-18)24-20-3-1-19(2-4-20)22-12-15-9-16(13-22)11-17(10-15)14-22/h1-8,15-17H,9-14H2,(H,24,25). The lowest BCUT2D eigenvalue weighted by molar-refractivity contribution is -0.00518. The van der Waals surface area contributed by atoms with E-state index in [0.29, 0.717) is 11.0 Å². The fourth-order valence-corrected chi connectivity index (χ4v) is 6.08. The monoisotopic (exact) mass is 332 g/mol. The molecule has 4 aliphatic carbocycles. The number of benzene rings is 1. The molecular formula is C22H24N2O. The highest BCUT2D eigenvalue weighted by Crippen LogP contribution is 2.60. The molecule has 0 atom stereocenters. The summed E-state index contributed by atoms with van der Waals surface area (Å²) in [4.78, 5) is 16.2. The summed E-state index contributed by atoms with van der Waals surface area (Å²) in [5.74, 6) is 2.79. The van der Waals surface area contributed by atoms with Crippen molar-refractivity contribution in [1.82, 2.24) is 4.98 Å². The first-order chi connectivity index (χ1) is 12.2. The average molecular weight is 332 g/mol. The first kappa shape index (κ1) is 15.1. The van der Waals surface area contributed by atoms with E-state index in [0.717, 1.165) is 23.4 Å². The van der Waals surface area contributed by atoms with Crippen LogP contribution in [0.2, 0.25) is 0 Å². The third-order valence-electron chi connectivity index (χ3n) is 6.74. The van der Waals surface area contributed by atoms with E-state index in [-0.39, 0.29) is 5.91 Å². The lowest BCUT2D eigenvalue weighted by Crippen LogP contribution is -2.48. The smallest absolute Gasteiger partial charge is 0.255 e. The Morgan fingerprint density at radius 1 is 0.880 bits per heavy atom. The van der Waals surface area contributed by atoms with Crippen molar-refractivity contribution in [2.45, 2.75) is 43.9 Å². The zero-order valence-corrected chi connectivity index (χ0v) is 14.4. The summed E-state index contributed by atoms with van der Waals surface area (Å²) >= 11 is 0. The molecule has 1 amide bonds. The SMILES string of the molecule is O=C(Nc1ccc(C23CC4CC(CC(C4)C2)C3)cc1)c1ccncc1. The van der Waals surface area contributed by atoms with E-state index < -0.39 is 0 Å². The normalized spacial score (nSPS) is 32.6. The Kier molecular flexibility index (Phi) is 3.44. The summed E-state index contributed by atoms with van der Waals surface area (Å²) in [5, 5.41) is 2.99. The van der Waals surface area contributed by atoms with Crippen molar-refractivity contribution in [3.05, 3.63) is 59.9 Å². The molecule has 1 aromatic carbocycles. The second-order valence-corrected chi connectivity index (χ2v) is 8.47. The molecule has 1 aromatic heterocycles. The maximum absolute atomic E-state index is 12.3. The van der Waals surface area contributed by atoms with E-state index in [1.165, 1.54) is 44.1 Å². The van der Waals surface area contributed by atoms with E-state index in [1.807, 2.05) is 0 Å². The number of aromatic nitrogens is 1. The predicted molar refractivity (Wildman–Crippen MR) is 98.5 cm³/mol. The van der Waals surface area contributed by atoms with Crippen molar-refractivity contribution in [3.8, 4) is 0 Å². The zero-order valence-electron chi connectivity index (χ0n) is 14.4. The summed E-state index contributed by atoms with van der Waals surface area (Å²) in [6.45, 7) is 0. The molecule has 4 saturated carbocycles. The summed E-state index contributed by atoms with van der Waals surface area (Å²) in [7, 11) is 0. The van der Waals surface area contributed by atoms with Gasteiger partial charge in [0.2, 0.25) is 0 Å². The average Bonchev–Trinajstić information content (AvgIpc) is 2.62. The Hall–Kier alpha value is -2.16. The van der Waals surface area contributed by atoms with Gasteiger partial charge < -0.3 is 5.32 Å². The van der Waals surface area contributed by atoms with Crippen molar-refractivity contribution >= 4 is 11.6 Å². The maximum Gasteiger partial charge on any atom is 0.255 e. The molecule has 0 aliphatic heterocycles. The summed E-state index contributed by atoms with van der Waals surface area (Å²) in [6.07, 6.45) is 11.8. The number of nitrogens with zero attached hydrogens (tertiary/aromatic N) is 1. The lowest BCUT2D eigenvalue weighted by Gasteiger charge is -2.57. The van der Waals surface area contributed by atoms with Crippen molar-refractivity contribution in [2.75, 3.05) is 5.32 Å². The number of carbonyl (C=O) groups is 1. The summed E-state index contributed by atoms with van der Waals surface area (Å²) < 4.78 is 0. The third kappa shape index (κ3) is 2.66. The van der Waals surface area contributed by atoms with Crippen LogP contribution in [0.25, 0.3) is 0 Å². The maximum atomic E-state index is 12.3. The van der Waals surface area contributed by atoms with Crippen LogP contribution in [0.5, 0.6) is 0 Å². The molecule has 3 nitrogen and oxygen atoms in total. The molecule has 4 aliphatic rings. The number of rotatable bonds is 3. The number of hydrogen-bond acceptors (Lipinski definition) is 2. The van der Waals surface area contributed by atoms with Gasteiger partial charge in [-0.15, -0.1) is 0 Å². The predicted octanol–water partition coefficient (Wildman–Crippen LogP) is 4.80. The molecule has 2 aromatic rings. The molecule has 128 valence electrons. The Labute approximate surface area is 148 Å². The van der Waals surface area contributed by atoms with Gasteiger partial charge in [-0.05, 0) is 91.5 Å². The van der Waals surface area contributed by atoms with E-state index in [1.54, 1.807) is 24.5 Å². The number of hydrogen-bond donors (Lipinski definition) is 1. The second-order valence-electron chi connectivity index (χ2n) is 8.47. The van der Waals surface area contributed by atoms with Crippen LogP contribution in [0.4, 0.5) is 5.69 Å². The number of nitrogens with one attached hydrogen (secondary N) is 1. The molecule has 0 saturated heterocycles. The lowest BCUT2D eigenvalue weighted by atomic mass is 9.48. The van der Waals surface area contributed by atoms with Crippen molar-refractivity contribution < 1.29 is 4.79 Å². The minimum atomic E-state index is -0.0787. The molecular weight excluding hydrogens is 308 g/mol. The van der Waals surface area contributed by atoms with Crippen LogP contribution in [-0.4, -0.2) is 10.9 Å². The van der Waals surface area contributed by atoms with Gasteiger partial charge in [-0.25, -0.2) is 0 Å². The summed E-state index contributed by atoms with van der Waals surface area (Å²) in [6, 6.07) is 12.1. The van der Waals surface area contributed by atoms with Crippen molar-refractivity contribution in [1.29, 1.82) is 0 Å². The van der Waals surface area contributed by atoms with Crippen LogP contribution in [-0.2, 0) is 5.41 Å². The third-order valence-corrected chi connectivity index (χ3v) is 6.74. The zero-order chi connectivity index (χ0) is 16.9. The molecule has 0 spiro atoms. The highest BCUT2D eigenvalue weighted by molar-refractivity contribution is 6.04. The Morgan fingerprint density at radius 3 is 2.00 bits per heavy atom. The van der Waals surface area contributed by atoms with E-state index in [4.69, 9.17) is 0 Å². The van der Waals surface area contributed by atoms with E-state index in [9.17, 15) is 4.79 Å². The van der Waals surface area contributed by atoms with Gasteiger partial charge >= 0.3 is 0 Å². The number of amides is 1. The van der Waals surface area contributed by atoms with Gasteiger partial charge in [-0.2, -0.15) is 0 Å². The molecule has 3 heteroatoms. The molecule has 4 fully saturated rings. The van der Waals surface area contributed by atoms with Crippen LogP contribution < -0.4 is 5.32 Å². The van der Waals surface area contributed by atoms with Crippen LogP contribution in [0.1, 0.15) is 54.4 Å². The van der Waals surface area contributed by atoms with Crippen LogP contribution in [0.3, 0.4) is 0 Å². The quantitative estimate of drug-likeness (QED) is 0.877. The van der Waals surface area contributed by atoms with Gasteiger partial charge in [0.25, 0.3) is 5.91 Å². The minimum absolute atomic E-state index is 0.0787. The largest absolute Gasteiger partial charge is 0.322 e. The fraction of sp³-hybridized carbons (Fsp3) is 0.455. The van der Waals surface area contributed by atoms with Crippen molar-refractivity contribution in [3.63, 3.8) is 0 Å². The number of carbonyl (C=O) groups excluding carboxylic acids is 1. The molecule has 6 rings (SSSR count). The van der Waals surface area contributed by atoms with Crippen LogP contribution in [0.15, 0.2) is 48.8 Å². The Morgan fingerprint density at radius 2 is 1.44 bits per heavy atom. The molecule has 0 radical (unpaired) electrons. The highest BCUT2D eigenvalue weighted by Gasteiger charge is 2.51. The molecule has 25 heavy (non-hydrogen) atoms. The topological polar surface area (TPSA) is 42.0 Å². The van der Waals surface area contributed by atoms with Crippen LogP contribution in [0, 0.1) is 17.8 Å². The first-order valence-electron chi connectivity index (χ1n) is 9.52. The van der Waals surface area contributed by atoms with E-state index in [2.05, 4.69) is 34.6 Å². The Bertz CT molecular complexity index is 746. The highest BCUT2D eigenvalue weighted by atomic mass is 16.1. The van der Waals surface area contributed by atoms with Gasteiger partial charge in [0, 0.05) is 23.6 Å². The molecule has 1 heterocycles. The number of pyridine rings is 1. The minimum Gasteiger partial charge on any atom is -0.322 e. The van der Waals surface area contributed by atoms with Crippen molar-refractivity contribution in [2.24, 2.45) is 17.8 Å². The molecule has 1 N–H and O–H groups in total. The molecule has 4 bridgehead atoms. The van der Waals surface area contributed by atoms with Gasteiger partial charge in [0.05, 0.1) is 0 Å². The fourth-order valence-electron chi connectivity index (χ4n) is 6.08. The second kappa shape index (κ2) is 5.69.